The largest absolute Gasteiger partial charge is 0.507 e. The third-order valence-corrected chi connectivity index (χ3v) is 5.92. The zero-order chi connectivity index (χ0) is 20.3. The number of phenolic OH excluding ortho intramolecular Hbond substituents is 1. The SMILES string of the molecule is COc1cc(O)c(C(CC(=O)N2CC(C)OC(C)C2)c2cccs2)c(OC)c1. The summed E-state index contributed by atoms with van der Waals surface area (Å²) in [5.41, 5.74) is 0.605. The van der Waals surface area contributed by atoms with Gasteiger partial charge in [0.15, 0.2) is 0 Å². The van der Waals surface area contributed by atoms with Crippen LogP contribution < -0.4 is 9.47 Å². The number of hydrogen-bond acceptors (Lipinski definition) is 6. The Hall–Kier alpha value is -2.25. The van der Waals surface area contributed by atoms with Gasteiger partial charge in [-0.2, -0.15) is 0 Å². The minimum absolute atomic E-state index is 0.0109. The lowest BCUT2D eigenvalue weighted by Gasteiger charge is -2.36. The molecule has 6 nitrogen and oxygen atoms in total. The summed E-state index contributed by atoms with van der Waals surface area (Å²) >= 11 is 1.56. The number of aromatic hydroxyl groups is 1. The molecule has 3 unspecified atom stereocenters. The summed E-state index contributed by atoms with van der Waals surface area (Å²) in [5.74, 6) is 0.808. The van der Waals surface area contributed by atoms with Crippen molar-refractivity contribution in [2.45, 2.75) is 38.4 Å². The molecule has 3 atom stereocenters. The van der Waals surface area contributed by atoms with Gasteiger partial charge in [0.1, 0.15) is 17.2 Å². The maximum Gasteiger partial charge on any atom is 0.223 e. The van der Waals surface area contributed by atoms with Gasteiger partial charge in [0.2, 0.25) is 5.91 Å². The van der Waals surface area contributed by atoms with E-state index in [4.69, 9.17) is 14.2 Å². The van der Waals surface area contributed by atoms with E-state index in [9.17, 15) is 9.90 Å². The Kier molecular flexibility index (Phi) is 6.46. The van der Waals surface area contributed by atoms with Gasteiger partial charge in [-0.1, -0.05) is 6.07 Å². The highest BCUT2D eigenvalue weighted by Gasteiger charge is 2.31. The lowest BCUT2D eigenvalue weighted by Crippen LogP contribution is -2.48. The molecule has 2 aromatic rings. The molecule has 1 aromatic heterocycles. The number of thiophene rings is 1. The maximum atomic E-state index is 13.1. The minimum atomic E-state index is -0.304. The van der Waals surface area contributed by atoms with Crippen molar-refractivity contribution < 1.29 is 24.1 Å². The summed E-state index contributed by atoms with van der Waals surface area (Å²) < 4.78 is 16.5. The number of benzene rings is 1. The Morgan fingerprint density at radius 2 is 2.00 bits per heavy atom. The highest BCUT2D eigenvalue weighted by molar-refractivity contribution is 7.10. The normalized spacial score (nSPS) is 20.6. The lowest BCUT2D eigenvalue weighted by molar-refractivity contribution is -0.143. The Morgan fingerprint density at radius 1 is 1.29 bits per heavy atom. The van der Waals surface area contributed by atoms with Crippen molar-refractivity contribution in [2.24, 2.45) is 0 Å². The summed E-state index contributed by atoms with van der Waals surface area (Å²) in [6.45, 7) is 5.11. The number of nitrogens with zero attached hydrogens (tertiary/aromatic N) is 1. The molecular formula is C21H27NO5S. The number of rotatable bonds is 6. The third kappa shape index (κ3) is 4.42. The molecule has 0 bridgehead atoms. The molecule has 1 N–H and O–H groups in total. The second-order valence-corrected chi connectivity index (χ2v) is 8.07. The van der Waals surface area contributed by atoms with Gasteiger partial charge in [-0.15, -0.1) is 11.3 Å². The van der Waals surface area contributed by atoms with Crippen molar-refractivity contribution in [3.63, 3.8) is 0 Å². The zero-order valence-corrected chi connectivity index (χ0v) is 17.5. The first kappa shape index (κ1) is 20.5. The molecule has 2 heterocycles. The van der Waals surface area contributed by atoms with E-state index >= 15 is 0 Å². The smallest absolute Gasteiger partial charge is 0.223 e. The van der Waals surface area contributed by atoms with Crippen LogP contribution >= 0.6 is 11.3 Å². The van der Waals surface area contributed by atoms with Crippen molar-refractivity contribution in [2.75, 3.05) is 27.3 Å². The molecule has 1 saturated heterocycles. The van der Waals surface area contributed by atoms with Crippen LogP contribution in [0.1, 0.15) is 36.6 Å². The van der Waals surface area contributed by atoms with E-state index in [1.165, 1.54) is 7.11 Å². The van der Waals surface area contributed by atoms with Gasteiger partial charge in [0.05, 0.1) is 26.4 Å². The van der Waals surface area contributed by atoms with Crippen LogP contribution in [0.4, 0.5) is 0 Å². The Bertz CT molecular complexity index is 797. The van der Waals surface area contributed by atoms with Crippen molar-refractivity contribution in [3.8, 4) is 17.2 Å². The van der Waals surface area contributed by atoms with Crippen LogP contribution in [0.3, 0.4) is 0 Å². The highest BCUT2D eigenvalue weighted by Crippen LogP contribution is 2.44. The molecule has 0 saturated carbocycles. The number of methoxy groups -OCH3 is 2. The fraction of sp³-hybridized carbons (Fsp3) is 0.476. The quantitative estimate of drug-likeness (QED) is 0.795. The van der Waals surface area contributed by atoms with Crippen LogP contribution in [-0.2, 0) is 9.53 Å². The Morgan fingerprint density at radius 3 is 2.57 bits per heavy atom. The van der Waals surface area contributed by atoms with E-state index in [-0.39, 0.29) is 36.2 Å². The van der Waals surface area contributed by atoms with Crippen molar-refractivity contribution in [3.05, 3.63) is 40.1 Å². The molecule has 7 heteroatoms. The summed E-state index contributed by atoms with van der Waals surface area (Å²) in [6.07, 6.45) is 0.268. The predicted octanol–water partition coefficient (Wildman–Crippen LogP) is 3.63. The number of carbonyl (C=O) groups excluding carboxylic acids is 1. The van der Waals surface area contributed by atoms with Gasteiger partial charge in [-0.25, -0.2) is 0 Å². The minimum Gasteiger partial charge on any atom is -0.507 e. The van der Waals surface area contributed by atoms with Gasteiger partial charge < -0.3 is 24.2 Å². The Labute approximate surface area is 169 Å². The van der Waals surface area contributed by atoms with Crippen molar-refractivity contribution in [1.82, 2.24) is 4.90 Å². The van der Waals surface area contributed by atoms with Crippen LogP contribution in [0.15, 0.2) is 29.6 Å². The predicted molar refractivity (Wildman–Crippen MR) is 109 cm³/mol. The van der Waals surface area contributed by atoms with Crippen LogP contribution in [0.5, 0.6) is 17.2 Å². The lowest BCUT2D eigenvalue weighted by atomic mass is 9.91. The van der Waals surface area contributed by atoms with Gasteiger partial charge >= 0.3 is 0 Å². The third-order valence-electron chi connectivity index (χ3n) is 4.94. The number of amides is 1. The fourth-order valence-corrected chi connectivity index (χ4v) is 4.58. The standard InChI is InChI=1S/C21H27NO5S/c1-13-11-22(12-14(2)27-13)20(24)10-16(19-6-5-7-28-19)21-17(23)8-15(25-3)9-18(21)26-4/h5-9,13-14,16,23H,10-12H2,1-4H3. The first-order valence-corrected chi connectivity index (χ1v) is 10.2. The number of ether oxygens (including phenoxy) is 3. The topological polar surface area (TPSA) is 68.2 Å². The second-order valence-electron chi connectivity index (χ2n) is 7.09. The summed E-state index contributed by atoms with van der Waals surface area (Å²) in [5, 5.41) is 12.7. The maximum absolute atomic E-state index is 13.1. The molecule has 1 aliphatic heterocycles. The summed E-state index contributed by atoms with van der Waals surface area (Å²) in [7, 11) is 3.09. The van der Waals surface area contributed by atoms with Gasteiger partial charge in [-0.3, -0.25) is 4.79 Å². The molecule has 1 amide bonds. The van der Waals surface area contributed by atoms with Gasteiger partial charge in [-0.05, 0) is 25.3 Å². The highest BCUT2D eigenvalue weighted by atomic mass is 32.1. The number of morpholine rings is 1. The van der Waals surface area contributed by atoms with E-state index < -0.39 is 0 Å². The second kappa shape index (κ2) is 8.84. The summed E-state index contributed by atoms with van der Waals surface area (Å²) in [6, 6.07) is 7.22. The van der Waals surface area contributed by atoms with Crippen molar-refractivity contribution >= 4 is 17.2 Å². The van der Waals surface area contributed by atoms with E-state index in [2.05, 4.69) is 0 Å². The average Bonchev–Trinajstić information content (AvgIpc) is 3.19. The van der Waals surface area contributed by atoms with Gasteiger partial charge in [0.25, 0.3) is 0 Å². The number of hydrogen-bond donors (Lipinski definition) is 1. The average molecular weight is 406 g/mol. The van der Waals surface area contributed by atoms with Crippen LogP contribution in [0, 0.1) is 0 Å². The molecule has 1 aromatic carbocycles. The van der Waals surface area contributed by atoms with E-state index in [0.717, 1.165) is 4.88 Å². The zero-order valence-electron chi connectivity index (χ0n) is 16.7. The van der Waals surface area contributed by atoms with Crippen molar-refractivity contribution in [1.29, 1.82) is 0 Å². The first-order valence-electron chi connectivity index (χ1n) is 9.34. The van der Waals surface area contributed by atoms with E-state index in [1.807, 2.05) is 36.3 Å². The molecule has 1 fully saturated rings. The molecule has 3 rings (SSSR count). The Balaban J connectivity index is 1.94. The molecule has 0 radical (unpaired) electrons. The molecule has 152 valence electrons. The number of carbonyl (C=O) groups is 1. The van der Waals surface area contributed by atoms with Crippen LogP contribution in [0.25, 0.3) is 0 Å². The van der Waals surface area contributed by atoms with Crippen LogP contribution in [0.2, 0.25) is 0 Å². The molecule has 28 heavy (non-hydrogen) atoms. The summed E-state index contributed by atoms with van der Waals surface area (Å²) in [4.78, 5) is 16.0. The van der Waals surface area contributed by atoms with Gasteiger partial charge in [0, 0.05) is 48.0 Å². The molecule has 0 aliphatic carbocycles. The monoisotopic (exact) mass is 405 g/mol. The van der Waals surface area contributed by atoms with E-state index in [1.54, 1.807) is 30.6 Å². The number of phenols is 1. The first-order chi connectivity index (χ1) is 13.4. The molecular weight excluding hydrogens is 378 g/mol. The fourth-order valence-electron chi connectivity index (χ4n) is 3.74. The van der Waals surface area contributed by atoms with Crippen LogP contribution in [-0.4, -0.2) is 55.4 Å². The molecule has 0 spiro atoms. The molecule has 1 aliphatic rings. The van der Waals surface area contributed by atoms with E-state index in [0.29, 0.717) is 30.2 Å².